The van der Waals surface area contributed by atoms with Crippen molar-refractivity contribution in [1.82, 2.24) is 25.3 Å². The molecule has 0 spiro atoms. The number of hydrazine groups is 1. The number of amides is 1. The molecule has 2 saturated heterocycles. The Morgan fingerprint density at radius 1 is 1.13 bits per heavy atom. The molecular formula is C24H29N5O2. The van der Waals surface area contributed by atoms with Crippen molar-refractivity contribution in [2.24, 2.45) is 5.92 Å². The summed E-state index contributed by atoms with van der Waals surface area (Å²) in [5.74, 6) is 1.60. The van der Waals surface area contributed by atoms with Gasteiger partial charge >= 0.3 is 0 Å². The van der Waals surface area contributed by atoms with E-state index in [2.05, 4.69) is 44.7 Å². The van der Waals surface area contributed by atoms with Gasteiger partial charge in [-0.05, 0) is 55.0 Å². The molecule has 2 aliphatic rings. The molecule has 31 heavy (non-hydrogen) atoms. The van der Waals surface area contributed by atoms with Gasteiger partial charge in [0.1, 0.15) is 11.8 Å². The van der Waals surface area contributed by atoms with Crippen LogP contribution in [-0.4, -0.2) is 46.6 Å². The number of methoxy groups -OCH3 is 1. The molecule has 2 fully saturated rings. The number of para-hydroxylation sites is 2. The normalized spacial score (nSPS) is 22.2. The van der Waals surface area contributed by atoms with Crippen molar-refractivity contribution in [3.8, 4) is 5.75 Å². The molecule has 5 rings (SSSR count). The number of aromatic nitrogens is 2. The summed E-state index contributed by atoms with van der Waals surface area (Å²) in [5, 5.41) is 0. The van der Waals surface area contributed by atoms with Gasteiger partial charge in [0.2, 0.25) is 5.91 Å². The van der Waals surface area contributed by atoms with Crippen LogP contribution in [0.2, 0.25) is 0 Å². The summed E-state index contributed by atoms with van der Waals surface area (Å²) in [6.45, 7) is 2.60. The van der Waals surface area contributed by atoms with Crippen LogP contribution in [0.3, 0.4) is 0 Å². The minimum atomic E-state index is -0.189. The van der Waals surface area contributed by atoms with Crippen LogP contribution in [0.15, 0.2) is 54.9 Å². The molecule has 0 saturated carbocycles. The Kier molecular flexibility index (Phi) is 5.61. The SMILES string of the molecule is COc1cccc(C2CC(C(=O)N3CCC(Cn4cnc5ccccc54)CC3)NN2)c1. The topological polar surface area (TPSA) is 71.4 Å². The molecule has 7 nitrogen and oxygen atoms in total. The standard InChI is InChI=1S/C24H29N5O2/c1-31-19-6-4-5-18(13-19)21-14-22(27-26-21)24(30)28-11-9-17(10-12-28)15-29-16-25-20-7-2-3-8-23(20)29/h2-8,13,16-17,21-22,26-27H,9-12,14-15H2,1H3. The molecule has 2 aromatic carbocycles. The van der Waals surface area contributed by atoms with Crippen molar-refractivity contribution < 1.29 is 9.53 Å². The highest BCUT2D eigenvalue weighted by Crippen LogP contribution is 2.27. The highest BCUT2D eigenvalue weighted by Gasteiger charge is 2.34. The van der Waals surface area contributed by atoms with Crippen molar-refractivity contribution in [1.29, 1.82) is 0 Å². The molecule has 2 aliphatic heterocycles. The minimum Gasteiger partial charge on any atom is -0.497 e. The molecule has 1 amide bonds. The van der Waals surface area contributed by atoms with Gasteiger partial charge in [-0.3, -0.25) is 4.79 Å². The van der Waals surface area contributed by atoms with E-state index in [0.29, 0.717) is 5.92 Å². The van der Waals surface area contributed by atoms with Gasteiger partial charge in [0.25, 0.3) is 0 Å². The molecular weight excluding hydrogens is 390 g/mol. The lowest BCUT2D eigenvalue weighted by molar-refractivity contribution is -0.134. The number of benzene rings is 2. The van der Waals surface area contributed by atoms with E-state index in [1.54, 1.807) is 7.11 Å². The molecule has 3 heterocycles. The zero-order chi connectivity index (χ0) is 21.2. The van der Waals surface area contributed by atoms with Crippen LogP contribution in [-0.2, 0) is 11.3 Å². The third kappa shape index (κ3) is 4.16. The number of fused-ring (bicyclic) bond motifs is 1. The van der Waals surface area contributed by atoms with Crippen molar-refractivity contribution in [3.05, 3.63) is 60.4 Å². The van der Waals surface area contributed by atoms with Gasteiger partial charge in [-0.1, -0.05) is 24.3 Å². The smallest absolute Gasteiger partial charge is 0.241 e. The van der Waals surface area contributed by atoms with E-state index < -0.39 is 0 Å². The Bertz CT molecular complexity index is 1060. The van der Waals surface area contributed by atoms with E-state index in [-0.39, 0.29) is 18.0 Å². The monoisotopic (exact) mass is 419 g/mol. The number of ether oxygens (including phenoxy) is 1. The number of piperidine rings is 1. The summed E-state index contributed by atoms with van der Waals surface area (Å²) in [5.41, 5.74) is 9.86. The van der Waals surface area contributed by atoms with Gasteiger partial charge in [-0.15, -0.1) is 0 Å². The molecule has 3 aromatic rings. The summed E-state index contributed by atoms with van der Waals surface area (Å²) in [7, 11) is 1.67. The summed E-state index contributed by atoms with van der Waals surface area (Å²) in [6, 6.07) is 16.2. The van der Waals surface area contributed by atoms with Crippen molar-refractivity contribution in [2.75, 3.05) is 20.2 Å². The Balaban J connectivity index is 1.15. The first-order valence-corrected chi connectivity index (χ1v) is 11.0. The highest BCUT2D eigenvalue weighted by molar-refractivity contribution is 5.82. The Morgan fingerprint density at radius 3 is 2.81 bits per heavy atom. The number of rotatable bonds is 5. The zero-order valence-electron chi connectivity index (χ0n) is 17.8. The quantitative estimate of drug-likeness (QED) is 0.665. The molecule has 7 heteroatoms. The van der Waals surface area contributed by atoms with Gasteiger partial charge in [0, 0.05) is 25.7 Å². The first-order chi connectivity index (χ1) is 15.2. The maximum absolute atomic E-state index is 13.1. The lowest BCUT2D eigenvalue weighted by Crippen LogP contribution is -2.48. The summed E-state index contributed by atoms with van der Waals surface area (Å²) >= 11 is 0. The number of hydrogen-bond donors (Lipinski definition) is 2. The summed E-state index contributed by atoms with van der Waals surface area (Å²) < 4.78 is 7.57. The van der Waals surface area contributed by atoms with Crippen molar-refractivity contribution >= 4 is 16.9 Å². The number of hydrogen-bond acceptors (Lipinski definition) is 5. The first-order valence-electron chi connectivity index (χ1n) is 11.0. The van der Waals surface area contributed by atoms with Crippen LogP contribution in [0.4, 0.5) is 0 Å². The van der Waals surface area contributed by atoms with Gasteiger partial charge in [0.15, 0.2) is 0 Å². The predicted octanol–water partition coefficient (Wildman–Crippen LogP) is 2.89. The number of likely N-dealkylation sites (tertiary alicyclic amines) is 1. The van der Waals surface area contributed by atoms with Crippen LogP contribution >= 0.6 is 0 Å². The van der Waals surface area contributed by atoms with E-state index in [0.717, 1.165) is 55.7 Å². The number of imidazole rings is 1. The average Bonchev–Trinajstić information content (AvgIpc) is 3.47. The second kappa shape index (κ2) is 8.69. The number of carbonyl (C=O) groups excluding carboxylic acids is 1. The molecule has 2 atom stereocenters. The average molecular weight is 420 g/mol. The van der Waals surface area contributed by atoms with Gasteiger partial charge < -0.3 is 14.2 Å². The van der Waals surface area contributed by atoms with Crippen LogP contribution in [0, 0.1) is 5.92 Å². The highest BCUT2D eigenvalue weighted by atomic mass is 16.5. The number of nitrogens with one attached hydrogen (secondary N) is 2. The van der Waals surface area contributed by atoms with Crippen molar-refractivity contribution in [3.63, 3.8) is 0 Å². The summed E-state index contributed by atoms with van der Waals surface area (Å²) in [4.78, 5) is 19.6. The lowest BCUT2D eigenvalue weighted by atomic mass is 9.95. The Labute approximate surface area is 182 Å². The predicted molar refractivity (Wildman–Crippen MR) is 119 cm³/mol. The molecule has 0 bridgehead atoms. The lowest BCUT2D eigenvalue weighted by Gasteiger charge is -2.33. The van der Waals surface area contributed by atoms with Crippen LogP contribution in [0.1, 0.15) is 30.9 Å². The number of nitrogens with zero attached hydrogens (tertiary/aromatic N) is 3. The molecule has 162 valence electrons. The second-order valence-corrected chi connectivity index (χ2v) is 8.56. The van der Waals surface area contributed by atoms with E-state index >= 15 is 0 Å². The van der Waals surface area contributed by atoms with Gasteiger partial charge in [0.05, 0.1) is 24.5 Å². The Morgan fingerprint density at radius 2 is 1.97 bits per heavy atom. The summed E-state index contributed by atoms with van der Waals surface area (Å²) in [6.07, 6.45) is 4.73. The third-order valence-corrected chi connectivity index (χ3v) is 6.61. The molecule has 2 N–H and O–H groups in total. The number of carbonyl (C=O) groups is 1. The maximum Gasteiger partial charge on any atom is 0.241 e. The van der Waals surface area contributed by atoms with Crippen LogP contribution in [0.5, 0.6) is 5.75 Å². The Hall–Kier alpha value is -2.90. The second-order valence-electron chi connectivity index (χ2n) is 8.56. The minimum absolute atomic E-state index is 0.108. The fraction of sp³-hybridized carbons (Fsp3) is 0.417. The molecule has 2 unspecified atom stereocenters. The van der Waals surface area contributed by atoms with Gasteiger partial charge in [-0.25, -0.2) is 15.8 Å². The molecule has 0 aliphatic carbocycles. The molecule has 1 aromatic heterocycles. The fourth-order valence-electron chi connectivity index (χ4n) is 4.79. The van der Waals surface area contributed by atoms with Gasteiger partial charge in [-0.2, -0.15) is 0 Å². The third-order valence-electron chi connectivity index (χ3n) is 6.61. The van der Waals surface area contributed by atoms with E-state index in [1.165, 1.54) is 5.52 Å². The fourth-order valence-corrected chi connectivity index (χ4v) is 4.79. The van der Waals surface area contributed by atoms with E-state index in [9.17, 15) is 4.79 Å². The first kappa shape index (κ1) is 20.0. The van der Waals surface area contributed by atoms with Crippen LogP contribution in [0.25, 0.3) is 11.0 Å². The van der Waals surface area contributed by atoms with Crippen LogP contribution < -0.4 is 15.6 Å². The zero-order valence-corrected chi connectivity index (χ0v) is 17.8. The maximum atomic E-state index is 13.1. The largest absolute Gasteiger partial charge is 0.497 e. The van der Waals surface area contributed by atoms with E-state index in [4.69, 9.17) is 4.74 Å². The van der Waals surface area contributed by atoms with Crippen molar-refractivity contribution in [2.45, 2.75) is 37.9 Å². The molecule has 0 radical (unpaired) electrons. The van der Waals surface area contributed by atoms with E-state index in [1.807, 2.05) is 35.5 Å².